The van der Waals surface area contributed by atoms with Gasteiger partial charge in [-0.1, -0.05) is 35.5 Å². The fourth-order valence-corrected chi connectivity index (χ4v) is 2.84. The summed E-state index contributed by atoms with van der Waals surface area (Å²) in [5, 5.41) is 1.11. The first-order chi connectivity index (χ1) is 9.56. The van der Waals surface area contributed by atoms with Gasteiger partial charge >= 0.3 is 0 Å². The second-order valence-electron chi connectivity index (χ2n) is 4.40. The minimum atomic E-state index is -0.730. The molecule has 1 aliphatic rings. The Hall–Kier alpha value is -1.33. The Kier molecular flexibility index (Phi) is 4.83. The molecule has 1 unspecified atom stereocenters. The maximum atomic E-state index is 12.4. The summed E-state index contributed by atoms with van der Waals surface area (Å²) in [5.74, 6) is -1.27. The van der Waals surface area contributed by atoms with Crippen LogP contribution in [0.15, 0.2) is 29.3 Å². The second-order valence-corrected chi connectivity index (χ2v) is 5.61. The van der Waals surface area contributed by atoms with E-state index in [1.165, 1.54) is 11.8 Å². The van der Waals surface area contributed by atoms with Gasteiger partial charge in [0.1, 0.15) is 5.92 Å². The van der Waals surface area contributed by atoms with E-state index in [1.54, 1.807) is 17.0 Å². The van der Waals surface area contributed by atoms with Gasteiger partial charge < -0.3 is 0 Å². The van der Waals surface area contributed by atoms with Gasteiger partial charge in [-0.25, -0.2) is 0 Å². The molecule has 0 radical (unpaired) electrons. The number of hydrogen-bond donors (Lipinski definition) is 0. The third-order valence-corrected chi connectivity index (χ3v) is 4.08. The third-order valence-electron chi connectivity index (χ3n) is 3.15. The maximum Gasteiger partial charge on any atom is 0.261 e. The van der Waals surface area contributed by atoms with E-state index >= 15 is 0 Å². The SMILES string of the molecule is CCN1C(=O)C(Cc2ccc(Cl)cc2)C(=O)N=C1SC. The van der Waals surface area contributed by atoms with Crippen molar-refractivity contribution in [1.29, 1.82) is 0 Å². The van der Waals surface area contributed by atoms with Gasteiger partial charge in [0.15, 0.2) is 5.17 Å². The van der Waals surface area contributed by atoms with E-state index < -0.39 is 5.92 Å². The van der Waals surface area contributed by atoms with Crippen molar-refractivity contribution in [3.63, 3.8) is 0 Å². The van der Waals surface area contributed by atoms with Crippen molar-refractivity contribution < 1.29 is 9.59 Å². The second kappa shape index (κ2) is 6.41. The van der Waals surface area contributed by atoms with Gasteiger partial charge in [0.25, 0.3) is 5.91 Å². The van der Waals surface area contributed by atoms with Crippen LogP contribution in [0.2, 0.25) is 5.02 Å². The van der Waals surface area contributed by atoms with Crippen LogP contribution < -0.4 is 0 Å². The van der Waals surface area contributed by atoms with Gasteiger partial charge in [-0.3, -0.25) is 14.5 Å². The molecule has 106 valence electrons. The Morgan fingerprint density at radius 1 is 1.30 bits per heavy atom. The molecular weight excluding hydrogens is 296 g/mol. The van der Waals surface area contributed by atoms with Gasteiger partial charge in [-0.05, 0) is 37.3 Å². The molecule has 0 fully saturated rings. The van der Waals surface area contributed by atoms with Crippen molar-refractivity contribution in [1.82, 2.24) is 4.90 Å². The molecule has 4 nitrogen and oxygen atoms in total. The van der Waals surface area contributed by atoms with Crippen LogP contribution in [0.4, 0.5) is 0 Å². The largest absolute Gasteiger partial charge is 0.291 e. The Morgan fingerprint density at radius 3 is 2.50 bits per heavy atom. The van der Waals surface area contributed by atoms with Gasteiger partial charge in [0.05, 0.1) is 0 Å². The van der Waals surface area contributed by atoms with Gasteiger partial charge in [0.2, 0.25) is 5.91 Å². The first-order valence-electron chi connectivity index (χ1n) is 6.29. The molecule has 0 N–H and O–H groups in total. The van der Waals surface area contributed by atoms with E-state index in [9.17, 15) is 9.59 Å². The Balaban J connectivity index is 2.23. The van der Waals surface area contributed by atoms with Crippen molar-refractivity contribution in [2.45, 2.75) is 13.3 Å². The topological polar surface area (TPSA) is 49.7 Å². The highest BCUT2D eigenvalue weighted by molar-refractivity contribution is 8.13. The summed E-state index contributed by atoms with van der Waals surface area (Å²) in [6.45, 7) is 2.39. The number of hydrogen-bond acceptors (Lipinski definition) is 3. The zero-order valence-corrected chi connectivity index (χ0v) is 12.9. The Morgan fingerprint density at radius 2 is 1.95 bits per heavy atom. The molecule has 1 aliphatic heterocycles. The first-order valence-corrected chi connectivity index (χ1v) is 7.89. The zero-order chi connectivity index (χ0) is 14.7. The molecule has 1 atom stereocenters. The molecule has 2 rings (SSSR count). The third kappa shape index (κ3) is 3.04. The van der Waals surface area contributed by atoms with Crippen molar-refractivity contribution >= 4 is 40.3 Å². The number of carbonyl (C=O) groups excluding carboxylic acids is 2. The van der Waals surface area contributed by atoms with E-state index in [2.05, 4.69) is 4.99 Å². The highest BCUT2D eigenvalue weighted by Crippen LogP contribution is 2.22. The van der Waals surface area contributed by atoms with E-state index in [4.69, 9.17) is 11.6 Å². The predicted molar refractivity (Wildman–Crippen MR) is 82.0 cm³/mol. The lowest BCUT2D eigenvalue weighted by atomic mass is 9.96. The first kappa shape index (κ1) is 15.1. The molecule has 1 heterocycles. The van der Waals surface area contributed by atoms with E-state index in [1.807, 2.05) is 25.3 Å². The molecule has 2 amide bonds. The molecule has 0 spiro atoms. The van der Waals surface area contributed by atoms with Gasteiger partial charge in [0, 0.05) is 11.6 Å². The predicted octanol–water partition coefficient (Wildman–Crippen LogP) is 2.61. The molecule has 0 aromatic heterocycles. The Labute approximate surface area is 127 Å². The average molecular weight is 311 g/mol. The average Bonchev–Trinajstić information content (AvgIpc) is 2.44. The van der Waals surface area contributed by atoms with Gasteiger partial charge in [-0.2, -0.15) is 4.99 Å². The van der Waals surface area contributed by atoms with Crippen LogP contribution in [0.1, 0.15) is 12.5 Å². The highest BCUT2D eigenvalue weighted by Gasteiger charge is 2.36. The van der Waals surface area contributed by atoms with Crippen LogP contribution in [-0.2, 0) is 16.0 Å². The molecule has 20 heavy (non-hydrogen) atoms. The summed E-state index contributed by atoms with van der Waals surface area (Å²) in [7, 11) is 0. The summed E-state index contributed by atoms with van der Waals surface area (Å²) >= 11 is 7.14. The number of amides is 2. The molecule has 0 aliphatic carbocycles. The van der Waals surface area contributed by atoms with Crippen LogP contribution in [0.3, 0.4) is 0 Å². The lowest BCUT2D eigenvalue weighted by molar-refractivity contribution is -0.139. The Bertz CT molecular complexity index is 557. The van der Waals surface area contributed by atoms with Crippen LogP contribution in [0.25, 0.3) is 0 Å². The lowest BCUT2D eigenvalue weighted by Crippen LogP contribution is -2.46. The summed E-state index contributed by atoms with van der Waals surface area (Å²) in [5.41, 5.74) is 0.903. The van der Waals surface area contributed by atoms with Crippen LogP contribution in [-0.4, -0.2) is 34.7 Å². The maximum absolute atomic E-state index is 12.4. The normalized spacial score (nSPS) is 19.2. The van der Waals surface area contributed by atoms with Crippen molar-refractivity contribution in [3.8, 4) is 0 Å². The highest BCUT2D eigenvalue weighted by atomic mass is 35.5. The molecular formula is C14H15ClN2O2S. The number of nitrogens with zero attached hydrogens (tertiary/aromatic N) is 2. The van der Waals surface area contributed by atoms with Crippen LogP contribution >= 0.6 is 23.4 Å². The van der Waals surface area contributed by atoms with E-state index in [0.717, 1.165) is 5.56 Å². The monoisotopic (exact) mass is 310 g/mol. The number of rotatable bonds is 3. The summed E-state index contributed by atoms with van der Waals surface area (Å²) in [6.07, 6.45) is 2.16. The fourth-order valence-electron chi connectivity index (χ4n) is 2.10. The van der Waals surface area contributed by atoms with Crippen molar-refractivity contribution in [2.24, 2.45) is 10.9 Å². The number of halogens is 1. The number of thioether (sulfide) groups is 1. The molecule has 0 saturated heterocycles. The number of carbonyl (C=O) groups is 2. The molecule has 0 saturated carbocycles. The summed E-state index contributed by atoms with van der Waals surface area (Å²) in [4.78, 5) is 30.0. The zero-order valence-electron chi connectivity index (χ0n) is 11.3. The van der Waals surface area contributed by atoms with Crippen molar-refractivity contribution in [3.05, 3.63) is 34.9 Å². The summed E-state index contributed by atoms with van der Waals surface area (Å²) in [6, 6.07) is 7.16. The van der Waals surface area contributed by atoms with Gasteiger partial charge in [-0.15, -0.1) is 0 Å². The fraction of sp³-hybridized carbons (Fsp3) is 0.357. The molecule has 0 bridgehead atoms. The molecule has 1 aromatic carbocycles. The standard InChI is InChI=1S/C14H15ClN2O2S/c1-3-17-13(19)11(12(18)16-14(17)20-2)8-9-4-6-10(15)7-5-9/h4-7,11H,3,8H2,1-2H3. The van der Waals surface area contributed by atoms with Crippen LogP contribution in [0, 0.1) is 5.92 Å². The van der Waals surface area contributed by atoms with Crippen molar-refractivity contribution in [2.75, 3.05) is 12.8 Å². The quantitative estimate of drug-likeness (QED) is 0.806. The molecule has 1 aromatic rings. The van der Waals surface area contributed by atoms with Crippen LogP contribution in [0.5, 0.6) is 0 Å². The lowest BCUT2D eigenvalue weighted by Gasteiger charge is -2.29. The minimum absolute atomic E-state index is 0.174. The minimum Gasteiger partial charge on any atom is -0.291 e. The number of amidine groups is 1. The summed E-state index contributed by atoms with van der Waals surface area (Å²) < 4.78 is 0. The molecule has 6 heteroatoms. The number of aliphatic imine (C=N–C) groups is 1. The smallest absolute Gasteiger partial charge is 0.261 e. The van der Waals surface area contributed by atoms with E-state index in [-0.39, 0.29) is 11.8 Å². The number of benzene rings is 1. The van der Waals surface area contributed by atoms with E-state index in [0.29, 0.717) is 23.2 Å².